The van der Waals surface area contributed by atoms with E-state index in [2.05, 4.69) is 22.0 Å². The van der Waals surface area contributed by atoms with Crippen molar-refractivity contribution in [3.8, 4) is 0 Å². The molecule has 2 aromatic carbocycles. The smallest absolute Gasteiger partial charge is 0.133 e. The summed E-state index contributed by atoms with van der Waals surface area (Å²) in [4.78, 5) is 6.21. The van der Waals surface area contributed by atoms with Crippen molar-refractivity contribution >= 4 is 23.1 Å². The lowest BCUT2D eigenvalue weighted by Gasteiger charge is -2.26. The van der Waals surface area contributed by atoms with Crippen LogP contribution in [-0.2, 0) is 6.54 Å². The molecule has 1 aromatic heterocycles. The fourth-order valence-electron chi connectivity index (χ4n) is 4.39. The van der Waals surface area contributed by atoms with Crippen LogP contribution in [0.2, 0.25) is 0 Å². The molecule has 1 fully saturated rings. The SMILES string of the molecule is Fc1ccc(C=Cc2cccc3c4c([nH]c23)C2CCN(CC2)C4)c(F)c1. The number of rotatable bonds is 2. The van der Waals surface area contributed by atoms with Gasteiger partial charge in [0.15, 0.2) is 0 Å². The van der Waals surface area contributed by atoms with Gasteiger partial charge in [-0.05, 0) is 49.2 Å². The molecule has 0 amide bonds. The van der Waals surface area contributed by atoms with E-state index in [0.29, 0.717) is 11.5 Å². The highest BCUT2D eigenvalue weighted by molar-refractivity contribution is 5.93. The maximum atomic E-state index is 13.9. The molecule has 1 saturated heterocycles. The first kappa shape index (κ1) is 15.8. The molecule has 4 heteroatoms. The van der Waals surface area contributed by atoms with Crippen molar-refractivity contribution in [2.45, 2.75) is 25.3 Å². The summed E-state index contributed by atoms with van der Waals surface area (Å²) in [6.07, 6.45) is 6.05. The highest BCUT2D eigenvalue weighted by atomic mass is 19.1. The van der Waals surface area contributed by atoms with Gasteiger partial charge in [-0.25, -0.2) is 8.78 Å². The Morgan fingerprint density at radius 2 is 1.81 bits per heavy atom. The maximum Gasteiger partial charge on any atom is 0.133 e. The van der Waals surface area contributed by atoms with Gasteiger partial charge in [-0.3, -0.25) is 4.90 Å². The summed E-state index contributed by atoms with van der Waals surface area (Å²) in [5, 5.41) is 1.26. The monoisotopic (exact) mass is 350 g/mol. The van der Waals surface area contributed by atoms with Gasteiger partial charge in [0.2, 0.25) is 0 Å². The van der Waals surface area contributed by atoms with E-state index >= 15 is 0 Å². The Morgan fingerprint density at radius 1 is 1.00 bits per heavy atom. The van der Waals surface area contributed by atoms with Crippen LogP contribution in [-0.4, -0.2) is 23.0 Å². The summed E-state index contributed by atoms with van der Waals surface area (Å²) >= 11 is 0. The van der Waals surface area contributed by atoms with Crippen LogP contribution in [0.25, 0.3) is 23.1 Å². The zero-order chi connectivity index (χ0) is 17.7. The molecule has 2 nitrogen and oxygen atoms in total. The topological polar surface area (TPSA) is 19.0 Å². The second-order valence-electron chi connectivity index (χ2n) is 7.34. The Balaban J connectivity index is 1.58. The Labute approximate surface area is 151 Å². The molecular formula is C22H20F2N2. The minimum atomic E-state index is -0.556. The van der Waals surface area contributed by atoms with E-state index in [9.17, 15) is 8.78 Å². The Hall–Kier alpha value is -2.46. The zero-order valence-corrected chi connectivity index (χ0v) is 14.4. The molecule has 3 aliphatic heterocycles. The standard InChI is InChI=1S/C22H20F2N2/c23-17-7-6-14(20(24)12-17)4-5-15-2-1-3-18-19-13-26-10-8-16(9-11-26)22(19)25-21(15)18/h1-7,12,16,25H,8-11,13H2. The number of para-hydroxylation sites is 1. The molecule has 3 aromatic rings. The predicted octanol–water partition coefficient (Wildman–Crippen LogP) is 5.31. The second-order valence-corrected chi connectivity index (χ2v) is 7.34. The summed E-state index contributed by atoms with van der Waals surface area (Å²) in [5.74, 6) is -0.483. The summed E-state index contributed by atoms with van der Waals surface area (Å²) in [6.45, 7) is 3.36. The lowest BCUT2D eigenvalue weighted by atomic mass is 9.94. The van der Waals surface area contributed by atoms with Crippen molar-refractivity contribution in [2.75, 3.05) is 13.1 Å². The molecule has 3 aliphatic rings. The van der Waals surface area contributed by atoms with Crippen molar-refractivity contribution in [2.24, 2.45) is 0 Å². The average Bonchev–Trinajstić information content (AvgIpc) is 2.82. The van der Waals surface area contributed by atoms with Gasteiger partial charge in [0.05, 0.1) is 5.52 Å². The molecule has 0 aliphatic carbocycles. The van der Waals surface area contributed by atoms with E-state index in [1.165, 1.54) is 54.7 Å². The molecular weight excluding hydrogens is 330 g/mol. The molecule has 26 heavy (non-hydrogen) atoms. The summed E-state index contributed by atoms with van der Waals surface area (Å²) in [6, 6.07) is 9.94. The lowest BCUT2D eigenvalue weighted by molar-refractivity contribution is 0.220. The van der Waals surface area contributed by atoms with Crippen LogP contribution < -0.4 is 0 Å². The fourth-order valence-corrected chi connectivity index (χ4v) is 4.39. The number of hydrogen-bond acceptors (Lipinski definition) is 1. The first-order chi connectivity index (χ1) is 12.7. The van der Waals surface area contributed by atoms with E-state index < -0.39 is 11.6 Å². The van der Waals surface area contributed by atoms with Crippen molar-refractivity contribution in [3.05, 3.63) is 70.4 Å². The molecule has 132 valence electrons. The first-order valence-electron chi connectivity index (χ1n) is 9.18. The third kappa shape index (κ3) is 2.56. The number of piperidine rings is 1. The van der Waals surface area contributed by atoms with Gasteiger partial charge in [0.25, 0.3) is 0 Å². The van der Waals surface area contributed by atoms with Gasteiger partial charge in [0.1, 0.15) is 11.6 Å². The first-order valence-corrected chi connectivity index (χ1v) is 9.18. The molecule has 1 N–H and O–H groups in total. The predicted molar refractivity (Wildman–Crippen MR) is 101 cm³/mol. The van der Waals surface area contributed by atoms with Crippen molar-refractivity contribution in [1.29, 1.82) is 0 Å². The second kappa shape index (κ2) is 6.06. The average molecular weight is 350 g/mol. The molecule has 6 rings (SSSR count). The Bertz CT molecular complexity index is 1010. The van der Waals surface area contributed by atoms with Crippen LogP contribution in [0, 0.1) is 11.6 Å². The number of fused-ring (bicyclic) bond motifs is 3. The van der Waals surface area contributed by atoms with Gasteiger partial charge in [-0.1, -0.05) is 30.4 Å². The number of aromatic nitrogens is 1. The highest BCUT2D eigenvalue weighted by Crippen LogP contribution is 2.39. The highest BCUT2D eigenvalue weighted by Gasteiger charge is 2.30. The minimum Gasteiger partial charge on any atom is -0.357 e. The molecule has 0 unspecified atom stereocenters. The third-order valence-electron chi connectivity index (χ3n) is 5.79. The van der Waals surface area contributed by atoms with Crippen molar-refractivity contribution in [1.82, 2.24) is 9.88 Å². The van der Waals surface area contributed by atoms with E-state index in [-0.39, 0.29) is 0 Å². The molecule has 4 heterocycles. The van der Waals surface area contributed by atoms with Gasteiger partial charge in [-0.2, -0.15) is 0 Å². The van der Waals surface area contributed by atoms with Crippen molar-refractivity contribution in [3.63, 3.8) is 0 Å². The van der Waals surface area contributed by atoms with E-state index in [1.54, 1.807) is 6.08 Å². The zero-order valence-electron chi connectivity index (χ0n) is 14.4. The van der Waals surface area contributed by atoms with Crippen LogP contribution in [0.3, 0.4) is 0 Å². The van der Waals surface area contributed by atoms with Crippen LogP contribution in [0.1, 0.15) is 41.1 Å². The Morgan fingerprint density at radius 3 is 2.62 bits per heavy atom. The van der Waals surface area contributed by atoms with Crippen LogP contribution in [0.15, 0.2) is 36.4 Å². The van der Waals surface area contributed by atoms with Gasteiger partial charge in [-0.15, -0.1) is 0 Å². The number of H-pyrrole nitrogens is 1. The van der Waals surface area contributed by atoms with Crippen LogP contribution >= 0.6 is 0 Å². The number of nitrogens with zero attached hydrogens (tertiary/aromatic N) is 1. The number of hydrogen-bond donors (Lipinski definition) is 1. The molecule has 0 radical (unpaired) electrons. The number of benzene rings is 2. The van der Waals surface area contributed by atoms with Gasteiger partial charge < -0.3 is 4.98 Å². The van der Waals surface area contributed by atoms with Gasteiger partial charge >= 0.3 is 0 Å². The number of aromatic amines is 1. The minimum absolute atomic E-state index is 0.390. The molecule has 0 saturated carbocycles. The Kier molecular flexibility index (Phi) is 3.68. The van der Waals surface area contributed by atoms with E-state index in [0.717, 1.165) is 23.7 Å². The molecule has 0 spiro atoms. The summed E-state index contributed by atoms with van der Waals surface area (Å²) in [5.41, 5.74) is 5.34. The lowest BCUT2D eigenvalue weighted by Crippen LogP contribution is -2.29. The maximum absolute atomic E-state index is 13.9. The van der Waals surface area contributed by atoms with Crippen molar-refractivity contribution < 1.29 is 8.78 Å². The fraction of sp³-hybridized carbons (Fsp3) is 0.273. The van der Waals surface area contributed by atoms with Gasteiger partial charge in [0, 0.05) is 35.2 Å². The van der Waals surface area contributed by atoms with E-state index in [1.807, 2.05) is 12.1 Å². The molecule has 2 bridgehead atoms. The summed E-state index contributed by atoms with van der Waals surface area (Å²) < 4.78 is 27.0. The number of halogens is 2. The van der Waals surface area contributed by atoms with E-state index in [4.69, 9.17) is 0 Å². The largest absolute Gasteiger partial charge is 0.357 e. The van der Waals surface area contributed by atoms with Crippen LogP contribution in [0.5, 0.6) is 0 Å². The number of nitrogens with one attached hydrogen (secondary N) is 1. The summed E-state index contributed by atoms with van der Waals surface area (Å²) in [7, 11) is 0. The quantitative estimate of drug-likeness (QED) is 0.621. The third-order valence-corrected chi connectivity index (χ3v) is 5.79. The van der Waals surface area contributed by atoms with Crippen LogP contribution in [0.4, 0.5) is 8.78 Å². The molecule has 0 atom stereocenters. The normalized spacial score (nSPS) is 22.1.